The molecule has 0 radical (unpaired) electrons. The minimum absolute atomic E-state index is 0.0468. The summed E-state index contributed by atoms with van der Waals surface area (Å²) in [6, 6.07) is 16.4. The van der Waals surface area contributed by atoms with Crippen molar-refractivity contribution in [3.63, 3.8) is 0 Å². The molecule has 2 aromatic carbocycles. The van der Waals surface area contributed by atoms with Gasteiger partial charge in [0.1, 0.15) is 4.32 Å². The van der Waals surface area contributed by atoms with Crippen LogP contribution in [0.4, 0.5) is 11.4 Å². The number of benzene rings is 2. The van der Waals surface area contributed by atoms with Gasteiger partial charge in [-0.1, -0.05) is 60.0 Å². The molecule has 2 aromatic rings. The number of hydrogen-bond donors (Lipinski definition) is 2. The molecule has 2 heterocycles. The first-order chi connectivity index (χ1) is 16.5. The molecule has 1 fully saturated rings. The Morgan fingerprint density at radius 1 is 1.03 bits per heavy atom. The number of thiocarbonyl (C=S) groups is 2. The number of fused-ring (bicyclic) bond motifs is 1. The molecule has 5 nitrogen and oxygen atoms in total. The van der Waals surface area contributed by atoms with E-state index in [2.05, 4.69) is 52.8 Å². The maximum Gasteiger partial charge on any atom is 0.266 e. The lowest BCUT2D eigenvalue weighted by molar-refractivity contribution is -0.122. The third kappa shape index (κ3) is 5.02. The fraction of sp³-hybridized carbons (Fsp3) is 0.240. The Bertz CT molecular complexity index is 1210. The Morgan fingerprint density at radius 2 is 1.79 bits per heavy atom. The van der Waals surface area contributed by atoms with Gasteiger partial charge in [0, 0.05) is 35.8 Å². The summed E-state index contributed by atoms with van der Waals surface area (Å²) in [4.78, 5) is 19.1. The van der Waals surface area contributed by atoms with Gasteiger partial charge in [-0.25, -0.2) is 0 Å². The van der Waals surface area contributed by atoms with Crippen molar-refractivity contribution in [2.45, 2.75) is 25.7 Å². The van der Waals surface area contributed by atoms with Crippen molar-refractivity contribution in [1.29, 1.82) is 0 Å². The number of nitrogens with zero attached hydrogens (tertiary/aromatic N) is 2. The van der Waals surface area contributed by atoms with Crippen LogP contribution >= 0.6 is 48.0 Å². The highest BCUT2D eigenvalue weighted by Crippen LogP contribution is 2.47. The maximum absolute atomic E-state index is 13.3. The molecule has 9 heteroatoms. The molecule has 34 heavy (non-hydrogen) atoms. The second-order valence-corrected chi connectivity index (χ2v) is 10.6. The molecule has 2 N–H and O–H groups in total. The Balaban J connectivity index is 1.81. The zero-order valence-electron chi connectivity index (χ0n) is 19.3. The zero-order valence-corrected chi connectivity index (χ0v) is 22.5. The lowest BCUT2D eigenvalue weighted by Gasteiger charge is -2.19. The molecular weight excluding hydrogens is 501 g/mol. The Morgan fingerprint density at radius 3 is 2.50 bits per heavy atom. The van der Waals surface area contributed by atoms with Crippen molar-refractivity contribution in [2.75, 3.05) is 29.9 Å². The van der Waals surface area contributed by atoms with Crippen molar-refractivity contribution in [1.82, 2.24) is 10.2 Å². The average Bonchev–Trinajstić information content (AvgIpc) is 3.32. The molecule has 0 atom stereocenters. The van der Waals surface area contributed by atoms with E-state index >= 15 is 0 Å². The number of amides is 1. The van der Waals surface area contributed by atoms with Gasteiger partial charge in [-0.05, 0) is 68.9 Å². The standard InChI is InChI=1S/C25H26N4OS4/c1-4-26-24(31)27-17-11-9-10-16(14-17)18(22-23(30)29(6-3)25(32)34-22)15-21-28(5-2)19-12-7-8-13-20(19)33-21/h7-15H,4-6H2,1-3H3,(H2,26,27,31). The summed E-state index contributed by atoms with van der Waals surface area (Å²) < 4.78 is 0.593. The van der Waals surface area contributed by atoms with Crippen LogP contribution in [0.15, 0.2) is 69.4 Å². The van der Waals surface area contributed by atoms with Crippen LogP contribution in [0, 0.1) is 0 Å². The first kappa shape index (κ1) is 24.8. The highest BCUT2D eigenvalue weighted by atomic mass is 32.2. The largest absolute Gasteiger partial charge is 0.363 e. The van der Waals surface area contributed by atoms with Crippen molar-refractivity contribution in [3.05, 3.63) is 70.1 Å². The smallest absolute Gasteiger partial charge is 0.266 e. The molecule has 0 aromatic heterocycles. The summed E-state index contributed by atoms with van der Waals surface area (Å²) in [5.41, 5.74) is 3.84. The van der Waals surface area contributed by atoms with Gasteiger partial charge < -0.3 is 15.5 Å². The molecule has 2 aliphatic rings. The van der Waals surface area contributed by atoms with Crippen LogP contribution in [0.1, 0.15) is 26.3 Å². The fourth-order valence-electron chi connectivity index (χ4n) is 3.82. The van der Waals surface area contributed by atoms with E-state index in [0.29, 0.717) is 20.9 Å². The monoisotopic (exact) mass is 526 g/mol. The molecule has 0 unspecified atom stereocenters. The number of nitrogens with one attached hydrogen (secondary N) is 2. The number of rotatable bonds is 6. The van der Waals surface area contributed by atoms with E-state index in [1.807, 2.05) is 38.1 Å². The second-order valence-electron chi connectivity index (χ2n) is 7.52. The summed E-state index contributed by atoms with van der Waals surface area (Å²) >= 11 is 14.0. The highest BCUT2D eigenvalue weighted by Gasteiger charge is 2.34. The highest BCUT2D eigenvalue weighted by molar-refractivity contribution is 8.26. The van der Waals surface area contributed by atoms with Crippen molar-refractivity contribution >= 4 is 80.2 Å². The van der Waals surface area contributed by atoms with E-state index in [0.717, 1.165) is 34.9 Å². The van der Waals surface area contributed by atoms with Gasteiger partial charge in [-0.15, -0.1) is 0 Å². The molecule has 0 aliphatic carbocycles. The minimum atomic E-state index is -0.0468. The fourth-order valence-corrected chi connectivity index (χ4v) is 6.70. The van der Waals surface area contributed by atoms with Crippen LogP contribution in [0.2, 0.25) is 0 Å². The molecule has 2 aliphatic heterocycles. The summed E-state index contributed by atoms with van der Waals surface area (Å²) in [5, 5.41) is 7.99. The predicted molar refractivity (Wildman–Crippen MR) is 154 cm³/mol. The van der Waals surface area contributed by atoms with Crippen LogP contribution < -0.4 is 15.5 Å². The first-order valence-electron chi connectivity index (χ1n) is 11.2. The van der Waals surface area contributed by atoms with E-state index in [1.54, 1.807) is 16.7 Å². The first-order valence-corrected chi connectivity index (χ1v) is 13.6. The summed E-state index contributed by atoms with van der Waals surface area (Å²) in [5.74, 6) is -0.0468. The number of likely N-dealkylation sites (N-methyl/N-ethyl adjacent to an activating group) is 1. The van der Waals surface area contributed by atoms with Gasteiger partial charge in [-0.2, -0.15) is 0 Å². The van der Waals surface area contributed by atoms with E-state index in [4.69, 9.17) is 24.4 Å². The summed E-state index contributed by atoms with van der Waals surface area (Å²) in [6.45, 7) is 8.21. The maximum atomic E-state index is 13.3. The van der Waals surface area contributed by atoms with Gasteiger partial charge in [0.2, 0.25) is 0 Å². The van der Waals surface area contributed by atoms with Crippen LogP contribution in [0.3, 0.4) is 0 Å². The van der Waals surface area contributed by atoms with Gasteiger partial charge in [0.25, 0.3) is 5.91 Å². The zero-order chi connectivity index (χ0) is 24.2. The SMILES string of the molecule is CCNC(=S)Nc1cccc(C(C=C2Sc3ccccc3N2CC)=C2SC(=S)N(CC)C2=O)c1. The number of para-hydroxylation sites is 1. The third-order valence-electron chi connectivity index (χ3n) is 5.40. The summed E-state index contributed by atoms with van der Waals surface area (Å²) in [7, 11) is 0. The van der Waals surface area contributed by atoms with Gasteiger partial charge in [0.05, 0.1) is 15.6 Å². The average molecular weight is 527 g/mol. The Hall–Kier alpha value is -2.33. The molecule has 176 valence electrons. The molecule has 1 saturated heterocycles. The van der Waals surface area contributed by atoms with E-state index in [-0.39, 0.29) is 5.91 Å². The Kier molecular flexibility index (Phi) is 7.98. The number of thioether (sulfide) groups is 2. The molecule has 0 bridgehead atoms. The lowest BCUT2D eigenvalue weighted by atomic mass is 10.0. The second kappa shape index (κ2) is 10.9. The van der Waals surface area contributed by atoms with Crippen LogP contribution in [-0.2, 0) is 4.79 Å². The number of hydrogen-bond acceptors (Lipinski definition) is 6. The predicted octanol–water partition coefficient (Wildman–Crippen LogP) is 6.06. The van der Waals surface area contributed by atoms with E-state index < -0.39 is 0 Å². The quantitative estimate of drug-likeness (QED) is 0.348. The van der Waals surface area contributed by atoms with Crippen LogP contribution in [0.5, 0.6) is 0 Å². The van der Waals surface area contributed by atoms with Crippen LogP contribution in [-0.4, -0.2) is 39.9 Å². The van der Waals surface area contributed by atoms with Crippen LogP contribution in [0.25, 0.3) is 5.57 Å². The number of carbonyl (C=O) groups excluding carboxylic acids is 1. The molecule has 1 amide bonds. The number of allylic oxidation sites excluding steroid dienone is 2. The van der Waals surface area contributed by atoms with Crippen molar-refractivity contribution in [2.24, 2.45) is 0 Å². The number of anilines is 2. The molecule has 0 spiro atoms. The Labute approximate surface area is 220 Å². The topological polar surface area (TPSA) is 47.6 Å². The van der Waals surface area contributed by atoms with E-state index in [9.17, 15) is 4.79 Å². The van der Waals surface area contributed by atoms with Gasteiger partial charge >= 0.3 is 0 Å². The summed E-state index contributed by atoms with van der Waals surface area (Å²) in [6.07, 6.45) is 2.12. The molecule has 0 saturated carbocycles. The minimum Gasteiger partial charge on any atom is -0.363 e. The number of carbonyl (C=O) groups is 1. The van der Waals surface area contributed by atoms with Gasteiger partial charge in [0.15, 0.2) is 5.11 Å². The van der Waals surface area contributed by atoms with Gasteiger partial charge in [-0.3, -0.25) is 9.69 Å². The molecule has 4 rings (SSSR count). The lowest BCUT2D eigenvalue weighted by Crippen LogP contribution is -2.28. The third-order valence-corrected chi connectivity index (χ3v) is 8.22. The molecular formula is C25H26N4OS4. The van der Waals surface area contributed by atoms with E-state index in [1.165, 1.54) is 22.3 Å². The van der Waals surface area contributed by atoms with Crippen molar-refractivity contribution in [3.8, 4) is 0 Å². The van der Waals surface area contributed by atoms with Crippen molar-refractivity contribution < 1.29 is 4.79 Å². The normalized spacial score (nSPS) is 17.9.